The third-order valence-corrected chi connectivity index (χ3v) is 2.02. The lowest BCUT2D eigenvalue weighted by molar-refractivity contribution is 0.0955. The van der Waals surface area contributed by atoms with Gasteiger partial charge in [-0.3, -0.25) is 4.79 Å². The Bertz CT molecular complexity index is 460. The van der Waals surface area contributed by atoms with Gasteiger partial charge in [0, 0.05) is 18.5 Å². The zero-order chi connectivity index (χ0) is 12.7. The van der Waals surface area contributed by atoms with Crippen LogP contribution in [0.2, 0.25) is 0 Å². The minimum Gasteiger partial charge on any atom is -0.395 e. The van der Waals surface area contributed by atoms with Crippen LogP contribution in [0.1, 0.15) is 29.3 Å². The molecule has 17 heavy (non-hydrogen) atoms. The summed E-state index contributed by atoms with van der Waals surface area (Å²) in [6.07, 6.45) is 0.297. The average Bonchev–Trinajstić information content (AvgIpc) is 2.30. The summed E-state index contributed by atoms with van der Waals surface area (Å²) in [5.41, 5.74) is 0.683. The van der Waals surface area contributed by atoms with Crippen molar-refractivity contribution in [1.29, 1.82) is 0 Å². The molecule has 0 aliphatic heterocycles. The molecule has 0 aliphatic rings. The van der Waals surface area contributed by atoms with E-state index in [1.165, 1.54) is 18.2 Å². The van der Waals surface area contributed by atoms with E-state index in [2.05, 4.69) is 17.2 Å². The summed E-state index contributed by atoms with van der Waals surface area (Å²) in [6.45, 7) is 2.25. The van der Waals surface area contributed by atoms with Crippen molar-refractivity contribution in [2.24, 2.45) is 0 Å². The van der Waals surface area contributed by atoms with Crippen LogP contribution in [0.25, 0.3) is 0 Å². The monoisotopic (exact) mass is 235 g/mol. The van der Waals surface area contributed by atoms with Crippen molar-refractivity contribution in [2.45, 2.75) is 13.3 Å². The Labute approximate surface area is 99.7 Å². The average molecular weight is 235 g/mol. The van der Waals surface area contributed by atoms with Crippen LogP contribution in [0.5, 0.6) is 0 Å². The highest BCUT2D eigenvalue weighted by atomic mass is 19.1. The van der Waals surface area contributed by atoms with Gasteiger partial charge in [0.15, 0.2) is 0 Å². The summed E-state index contributed by atoms with van der Waals surface area (Å²) in [4.78, 5) is 11.7. The number of rotatable bonds is 3. The molecule has 0 atom stereocenters. The number of carbonyl (C=O) groups excluding carboxylic acids is 1. The molecule has 0 bridgehead atoms. The number of aliphatic hydroxyl groups is 1. The van der Waals surface area contributed by atoms with Gasteiger partial charge in [0.25, 0.3) is 5.91 Å². The number of nitrogens with one attached hydrogen (secondary N) is 1. The van der Waals surface area contributed by atoms with Gasteiger partial charge < -0.3 is 10.4 Å². The second-order valence-corrected chi connectivity index (χ2v) is 3.32. The van der Waals surface area contributed by atoms with Gasteiger partial charge in [-0.1, -0.05) is 11.8 Å². The molecule has 0 fully saturated rings. The molecule has 0 unspecified atom stereocenters. The van der Waals surface area contributed by atoms with Crippen LogP contribution in [-0.2, 0) is 0 Å². The van der Waals surface area contributed by atoms with E-state index in [9.17, 15) is 9.18 Å². The highest BCUT2D eigenvalue weighted by molar-refractivity contribution is 5.96. The Balaban J connectivity index is 3.04. The van der Waals surface area contributed by atoms with Crippen LogP contribution in [0.15, 0.2) is 18.2 Å². The van der Waals surface area contributed by atoms with E-state index in [0.717, 1.165) is 0 Å². The first-order valence-corrected chi connectivity index (χ1v) is 5.36. The molecule has 3 nitrogen and oxygen atoms in total. The Morgan fingerprint density at radius 2 is 2.29 bits per heavy atom. The molecule has 0 saturated carbocycles. The first-order chi connectivity index (χ1) is 8.19. The lowest BCUT2D eigenvalue weighted by Gasteiger charge is -2.04. The van der Waals surface area contributed by atoms with Crippen LogP contribution < -0.4 is 5.32 Å². The summed E-state index contributed by atoms with van der Waals surface area (Å²) >= 11 is 0. The fraction of sp³-hybridized carbons (Fsp3) is 0.308. The molecule has 2 N–H and O–H groups in total. The van der Waals surface area contributed by atoms with E-state index in [1.54, 1.807) is 6.92 Å². The molecule has 0 aromatic heterocycles. The number of benzene rings is 1. The molecule has 0 spiro atoms. The number of halogens is 1. The van der Waals surface area contributed by atoms with Gasteiger partial charge in [-0.2, -0.15) is 0 Å². The molecule has 1 rings (SSSR count). The third-order valence-electron chi connectivity index (χ3n) is 2.02. The van der Waals surface area contributed by atoms with Gasteiger partial charge >= 0.3 is 0 Å². The highest BCUT2D eigenvalue weighted by Gasteiger charge is 2.09. The smallest absolute Gasteiger partial charge is 0.252 e. The Morgan fingerprint density at radius 3 is 2.94 bits per heavy atom. The maximum absolute atomic E-state index is 13.1. The maximum atomic E-state index is 13.1. The molecular weight excluding hydrogens is 221 g/mol. The summed E-state index contributed by atoms with van der Waals surface area (Å²) in [5.74, 6) is 4.64. The maximum Gasteiger partial charge on any atom is 0.252 e. The van der Waals surface area contributed by atoms with Gasteiger partial charge in [-0.05, 0) is 25.1 Å². The number of hydrogen-bond donors (Lipinski definition) is 2. The summed E-state index contributed by atoms with van der Waals surface area (Å²) in [6, 6.07) is 3.85. The second-order valence-electron chi connectivity index (χ2n) is 3.32. The zero-order valence-electron chi connectivity index (χ0n) is 9.59. The molecule has 0 radical (unpaired) electrons. The highest BCUT2D eigenvalue weighted by Crippen LogP contribution is 2.10. The fourth-order valence-electron chi connectivity index (χ4n) is 1.29. The van der Waals surface area contributed by atoms with E-state index in [1.807, 2.05) is 0 Å². The normalized spacial score (nSPS) is 9.35. The number of carbonyl (C=O) groups is 1. The molecular formula is C13H14FNO2. The summed E-state index contributed by atoms with van der Waals surface area (Å²) in [5, 5.41) is 11.2. The lowest BCUT2D eigenvalue weighted by atomic mass is 10.1. The van der Waals surface area contributed by atoms with Gasteiger partial charge in [-0.25, -0.2) is 4.39 Å². The summed E-state index contributed by atoms with van der Waals surface area (Å²) in [7, 11) is 0. The van der Waals surface area contributed by atoms with Gasteiger partial charge in [0.05, 0.1) is 12.2 Å². The van der Waals surface area contributed by atoms with Crippen molar-refractivity contribution in [3.8, 4) is 11.8 Å². The van der Waals surface area contributed by atoms with Crippen LogP contribution in [0.4, 0.5) is 4.39 Å². The molecule has 1 amide bonds. The van der Waals surface area contributed by atoms with E-state index in [-0.39, 0.29) is 12.5 Å². The summed E-state index contributed by atoms with van der Waals surface area (Å²) < 4.78 is 13.1. The van der Waals surface area contributed by atoms with Crippen LogP contribution in [0.3, 0.4) is 0 Å². The van der Waals surface area contributed by atoms with Crippen molar-refractivity contribution < 1.29 is 14.3 Å². The SMILES string of the molecule is CCNC(=O)c1ccc(F)cc1C#CCCO. The van der Waals surface area contributed by atoms with Crippen LogP contribution in [0, 0.1) is 17.7 Å². The van der Waals surface area contributed by atoms with Crippen molar-refractivity contribution in [3.63, 3.8) is 0 Å². The zero-order valence-corrected chi connectivity index (χ0v) is 9.59. The van der Waals surface area contributed by atoms with Crippen molar-refractivity contribution in [3.05, 3.63) is 35.1 Å². The predicted octanol–water partition coefficient (Wildman–Crippen LogP) is 1.31. The quantitative estimate of drug-likeness (QED) is 0.776. The number of aliphatic hydroxyl groups excluding tert-OH is 1. The van der Waals surface area contributed by atoms with E-state index < -0.39 is 5.82 Å². The van der Waals surface area contributed by atoms with E-state index in [0.29, 0.717) is 24.1 Å². The Hall–Kier alpha value is -1.86. The first kappa shape index (κ1) is 13.2. The standard InChI is InChI=1S/C13H14FNO2/c1-2-15-13(17)12-7-6-11(14)9-10(12)5-3-4-8-16/h6-7,9,16H,2,4,8H2,1H3,(H,15,17). The third kappa shape index (κ3) is 3.89. The largest absolute Gasteiger partial charge is 0.395 e. The Morgan fingerprint density at radius 1 is 1.53 bits per heavy atom. The lowest BCUT2D eigenvalue weighted by Crippen LogP contribution is -2.23. The van der Waals surface area contributed by atoms with E-state index >= 15 is 0 Å². The molecule has 4 heteroatoms. The van der Waals surface area contributed by atoms with Crippen LogP contribution >= 0.6 is 0 Å². The molecule has 1 aromatic carbocycles. The number of hydrogen-bond acceptors (Lipinski definition) is 2. The van der Waals surface area contributed by atoms with Gasteiger partial charge in [-0.15, -0.1) is 0 Å². The Kier molecular flexibility index (Phi) is 5.18. The molecule has 90 valence electrons. The molecule has 0 heterocycles. The minimum absolute atomic E-state index is 0.0567. The topological polar surface area (TPSA) is 49.3 Å². The molecule has 1 aromatic rings. The first-order valence-electron chi connectivity index (χ1n) is 5.36. The van der Waals surface area contributed by atoms with Crippen molar-refractivity contribution in [2.75, 3.05) is 13.2 Å². The van der Waals surface area contributed by atoms with Crippen LogP contribution in [-0.4, -0.2) is 24.2 Å². The van der Waals surface area contributed by atoms with E-state index in [4.69, 9.17) is 5.11 Å². The van der Waals surface area contributed by atoms with Crippen molar-refractivity contribution >= 4 is 5.91 Å². The fourth-order valence-corrected chi connectivity index (χ4v) is 1.29. The van der Waals surface area contributed by atoms with Gasteiger partial charge in [0.1, 0.15) is 5.82 Å². The predicted molar refractivity (Wildman–Crippen MR) is 63.0 cm³/mol. The second kappa shape index (κ2) is 6.66. The van der Waals surface area contributed by atoms with Crippen molar-refractivity contribution in [1.82, 2.24) is 5.32 Å². The number of amides is 1. The van der Waals surface area contributed by atoms with Gasteiger partial charge in [0.2, 0.25) is 0 Å². The molecule has 0 aliphatic carbocycles. The minimum atomic E-state index is -0.439. The molecule has 0 saturated heterocycles.